The maximum atomic E-state index is 4.55. The molecule has 4 heteroatoms. The fourth-order valence-electron chi connectivity index (χ4n) is 2.41. The highest BCUT2D eigenvalue weighted by Gasteiger charge is 2.26. The minimum absolute atomic E-state index is 0.179. The molecule has 2 rings (SSSR count). The van der Waals surface area contributed by atoms with Gasteiger partial charge in [0, 0.05) is 34.3 Å². The minimum Gasteiger partial charge on any atom is -0.308 e. The number of thiazole rings is 1. The Morgan fingerprint density at radius 1 is 1.44 bits per heavy atom. The number of rotatable bonds is 4. The number of nitrogens with zero attached hydrogens (tertiary/aromatic N) is 1. The van der Waals surface area contributed by atoms with Crippen molar-refractivity contribution < 1.29 is 0 Å². The molecule has 2 atom stereocenters. The summed E-state index contributed by atoms with van der Waals surface area (Å²) in [5, 5.41) is 5.76. The van der Waals surface area contributed by atoms with Crippen LogP contribution in [0.25, 0.3) is 0 Å². The zero-order chi connectivity index (χ0) is 13.2. The third-order valence-corrected chi connectivity index (χ3v) is 6.08. The lowest BCUT2D eigenvalue weighted by Gasteiger charge is -2.18. The lowest BCUT2D eigenvalue weighted by Crippen LogP contribution is -2.33. The first kappa shape index (κ1) is 14.4. The quantitative estimate of drug-likeness (QED) is 0.910. The number of aromatic nitrogens is 1. The molecule has 18 heavy (non-hydrogen) atoms. The fourth-order valence-corrected chi connectivity index (χ4v) is 4.29. The van der Waals surface area contributed by atoms with Crippen molar-refractivity contribution in [2.45, 2.75) is 63.3 Å². The Labute approximate surface area is 119 Å². The molecule has 2 unspecified atom stereocenters. The van der Waals surface area contributed by atoms with Crippen molar-refractivity contribution in [1.82, 2.24) is 10.3 Å². The maximum Gasteiger partial charge on any atom is 0.0981 e. The topological polar surface area (TPSA) is 24.9 Å². The molecule has 1 fully saturated rings. The third-order valence-electron chi connectivity index (χ3n) is 3.49. The van der Waals surface area contributed by atoms with Gasteiger partial charge in [-0.3, -0.25) is 0 Å². The molecule has 0 amide bonds. The summed E-state index contributed by atoms with van der Waals surface area (Å²) in [5.41, 5.74) is 0.179. The van der Waals surface area contributed by atoms with Gasteiger partial charge in [0.15, 0.2) is 0 Å². The summed E-state index contributed by atoms with van der Waals surface area (Å²) < 4.78 is 0. The zero-order valence-corrected chi connectivity index (χ0v) is 13.5. The monoisotopic (exact) mass is 284 g/mol. The zero-order valence-electron chi connectivity index (χ0n) is 11.8. The maximum absolute atomic E-state index is 4.55. The van der Waals surface area contributed by atoms with E-state index in [4.69, 9.17) is 0 Å². The van der Waals surface area contributed by atoms with Gasteiger partial charge in [0.05, 0.1) is 5.01 Å². The van der Waals surface area contributed by atoms with Crippen molar-refractivity contribution in [2.24, 2.45) is 0 Å². The number of thioether (sulfide) groups is 1. The van der Waals surface area contributed by atoms with Gasteiger partial charge in [-0.05, 0) is 19.1 Å². The Balaban J connectivity index is 1.89. The van der Waals surface area contributed by atoms with E-state index in [1.165, 1.54) is 29.1 Å². The molecule has 0 radical (unpaired) electrons. The van der Waals surface area contributed by atoms with Crippen LogP contribution in [0.2, 0.25) is 0 Å². The molecule has 1 heterocycles. The van der Waals surface area contributed by atoms with Crippen LogP contribution in [-0.4, -0.2) is 22.5 Å². The van der Waals surface area contributed by atoms with Crippen molar-refractivity contribution >= 4 is 23.1 Å². The first-order chi connectivity index (χ1) is 8.50. The van der Waals surface area contributed by atoms with Crippen LogP contribution in [-0.2, 0) is 12.0 Å². The molecule has 0 aromatic carbocycles. The fraction of sp³-hybridized carbons (Fsp3) is 0.786. The lowest BCUT2D eigenvalue weighted by molar-refractivity contribution is 0.535. The van der Waals surface area contributed by atoms with E-state index in [9.17, 15) is 0 Å². The molecule has 0 spiro atoms. The highest BCUT2D eigenvalue weighted by atomic mass is 32.2. The molecule has 1 saturated carbocycles. The van der Waals surface area contributed by atoms with Gasteiger partial charge in [-0.25, -0.2) is 4.98 Å². The normalized spacial score (nSPS) is 24.7. The molecule has 1 aliphatic carbocycles. The summed E-state index contributed by atoms with van der Waals surface area (Å²) in [6, 6.07) is 0.695. The second kappa shape index (κ2) is 5.93. The van der Waals surface area contributed by atoms with Crippen molar-refractivity contribution in [3.05, 3.63) is 16.1 Å². The summed E-state index contributed by atoms with van der Waals surface area (Å²) in [6.45, 7) is 7.66. The van der Waals surface area contributed by atoms with E-state index in [-0.39, 0.29) is 5.41 Å². The minimum atomic E-state index is 0.179. The van der Waals surface area contributed by atoms with Crippen LogP contribution in [0, 0.1) is 0 Å². The molecule has 2 nitrogen and oxygen atoms in total. The Morgan fingerprint density at radius 2 is 2.22 bits per heavy atom. The summed E-state index contributed by atoms with van der Waals surface area (Å²) in [6.07, 6.45) is 8.35. The molecular weight excluding hydrogens is 260 g/mol. The van der Waals surface area contributed by atoms with Gasteiger partial charge in [-0.15, -0.1) is 11.3 Å². The summed E-state index contributed by atoms with van der Waals surface area (Å²) >= 11 is 3.86. The van der Waals surface area contributed by atoms with Crippen molar-refractivity contribution in [3.8, 4) is 0 Å². The highest BCUT2D eigenvalue weighted by molar-refractivity contribution is 7.99. The molecule has 0 bridgehead atoms. The van der Waals surface area contributed by atoms with E-state index in [2.05, 4.69) is 37.3 Å². The van der Waals surface area contributed by atoms with Gasteiger partial charge < -0.3 is 5.32 Å². The van der Waals surface area contributed by atoms with Crippen LogP contribution in [0.1, 0.15) is 49.9 Å². The van der Waals surface area contributed by atoms with Crippen molar-refractivity contribution in [2.75, 3.05) is 6.26 Å². The van der Waals surface area contributed by atoms with Gasteiger partial charge >= 0.3 is 0 Å². The Hall–Kier alpha value is -0.0600. The van der Waals surface area contributed by atoms with Gasteiger partial charge in [0.1, 0.15) is 0 Å². The predicted molar refractivity (Wildman–Crippen MR) is 82.6 cm³/mol. The molecule has 1 aliphatic rings. The smallest absolute Gasteiger partial charge is 0.0981 e. The van der Waals surface area contributed by atoms with Crippen LogP contribution in [0.15, 0.2) is 6.20 Å². The van der Waals surface area contributed by atoms with Gasteiger partial charge in [0.25, 0.3) is 0 Å². The molecule has 1 aromatic rings. The second-order valence-electron chi connectivity index (χ2n) is 6.07. The molecule has 0 saturated heterocycles. The first-order valence-corrected chi connectivity index (χ1v) is 8.82. The summed E-state index contributed by atoms with van der Waals surface area (Å²) in [5.74, 6) is 0. The SMILES string of the molecule is CSC1CCCC1NCc1cnc(C(C)(C)C)s1. The van der Waals surface area contributed by atoms with Crippen LogP contribution >= 0.6 is 23.1 Å². The van der Waals surface area contributed by atoms with Gasteiger partial charge in [0.2, 0.25) is 0 Å². The van der Waals surface area contributed by atoms with E-state index >= 15 is 0 Å². The Kier molecular flexibility index (Phi) is 4.73. The van der Waals surface area contributed by atoms with E-state index < -0.39 is 0 Å². The Morgan fingerprint density at radius 3 is 2.83 bits per heavy atom. The highest BCUT2D eigenvalue weighted by Crippen LogP contribution is 2.30. The standard InChI is InChI=1S/C14H24N2S2/c1-14(2,3)13-16-9-10(18-13)8-15-11-6-5-7-12(11)17-4/h9,11-12,15H,5-8H2,1-4H3. The van der Waals surface area contributed by atoms with Gasteiger partial charge in [-0.1, -0.05) is 27.2 Å². The Bertz CT molecular complexity index is 381. The lowest BCUT2D eigenvalue weighted by atomic mass is 9.98. The van der Waals surface area contributed by atoms with E-state index in [1.54, 1.807) is 0 Å². The molecular formula is C14H24N2S2. The third kappa shape index (κ3) is 3.49. The molecule has 102 valence electrons. The number of hydrogen-bond acceptors (Lipinski definition) is 4. The first-order valence-electron chi connectivity index (χ1n) is 6.72. The molecule has 1 N–H and O–H groups in total. The summed E-state index contributed by atoms with van der Waals surface area (Å²) in [4.78, 5) is 5.91. The molecule has 0 aliphatic heterocycles. The van der Waals surface area contributed by atoms with Crippen LogP contribution in [0.3, 0.4) is 0 Å². The van der Waals surface area contributed by atoms with E-state index in [0.717, 1.165) is 11.8 Å². The average molecular weight is 284 g/mol. The van der Waals surface area contributed by atoms with Crippen molar-refractivity contribution in [1.29, 1.82) is 0 Å². The second-order valence-corrected chi connectivity index (χ2v) is 8.27. The predicted octanol–water partition coefficient (Wildman–Crippen LogP) is 3.81. The van der Waals surface area contributed by atoms with Crippen molar-refractivity contribution in [3.63, 3.8) is 0 Å². The van der Waals surface area contributed by atoms with Crippen LogP contribution < -0.4 is 5.32 Å². The van der Waals surface area contributed by atoms with E-state index in [1.807, 2.05) is 29.3 Å². The van der Waals surface area contributed by atoms with Crippen LogP contribution in [0.4, 0.5) is 0 Å². The number of nitrogens with one attached hydrogen (secondary N) is 1. The average Bonchev–Trinajstić information content (AvgIpc) is 2.94. The van der Waals surface area contributed by atoms with E-state index in [0.29, 0.717) is 6.04 Å². The molecule has 1 aromatic heterocycles. The van der Waals surface area contributed by atoms with Crippen LogP contribution in [0.5, 0.6) is 0 Å². The number of hydrogen-bond donors (Lipinski definition) is 1. The van der Waals surface area contributed by atoms with Gasteiger partial charge in [-0.2, -0.15) is 11.8 Å². The largest absolute Gasteiger partial charge is 0.308 e. The summed E-state index contributed by atoms with van der Waals surface area (Å²) in [7, 11) is 0.